The van der Waals surface area contributed by atoms with Crippen LogP contribution in [0.4, 0.5) is 0 Å². The third kappa shape index (κ3) is 5.09. The van der Waals surface area contributed by atoms with Crippen LogP contribution in [0.15, 0.2) is 58.6 Å². The predicted molar refractivity (Wildman–Crippen MR) is 88.3 cm³/mol. The molecule has 22 heavy (non-hydrogen) atoms. The molecule has 1 aromatic heterocycles. The van der Waals surface area contributed by atoms with Crippen molar-refractivity contribution < 1.29 is 14.3 Å². The summed E-state index contributed by atoms with van der Waals surface area (Å²) in [6, 6.07) is 11.3. The van der Waals surface area contributed by atoms with Gasteiger partial charge in [0.2, 0.25) is 5.91 Å². The van der Waals surface area contributed by atoms with Gasteiger partial charge in [0.15, 0.2) is 0 Å². The molecule has 0 radical (unpaired) electrons. The lowest BCUT2D eigenvalue weighted by Gasteiger charge is -2.13. The van der Waals surface area contributed by atoms with E-state index in [4.69, 9.17) is 4.42 Å². The number of nitrogens with one attached hydrogen (secondary N) is 1. The smallest absolute Gasteiger partial charge is 0.244 e. The van der Waals surface area contributed by atoms with E-state index in [0.29, 0.717) is 5.75 Å². The molecule has 1 atom stereocenters. The van der Waals surface area contributed by atoms with E-state index >= 15 is 0 Å². The molecule has 0 aliphatic heterocycles. The van der Waals surface area contributed by atoms with Gasteiger partial charge >= 0.3 is 0 Å². The molecule has 0 saturated heterocycles. The fourth-order valence-electron chi connectivity index (χ4n) is 1.96. The minimum Gasteiger partial charge on any atom is -0.468 e. The molecule has 2 N–H and O–H groups in total. The molecule has 0 fully saturated rings. The quantitative estimate of drug-likeness (QED) is 0.770. The molecular formula is C17H19NO3S. The first kappa shape index (κ1) is 16.4. The van der Waals surface area contributed by atoms with Crippen molar-refractivity contribution in [2.24, 2.45) is 0 Å². The number of amides is 1. The second kappa shape index (κ2) is 8.46. The van der Waals surface area contributed by atoms with Gasteiger partial charge in [-0.3, -0.25) is 4.79 Å². The Bertz CT molecular complexity index is 623. The summed E-state index contributed by atoms with van der Waals surface area (Å²) in [6.45, 7) is 2.13. The lowest BCUT2D eigenvalue weighted by Crippen LogP contribution is -2.26. The molecule has 0 aliphatic carbocycles. The van der Waals surface area contributed by atoms with Crippen LogP contribution in [0.25, 0.3) is 0 Å². The van der Waals surface area contributed by atoms with Crippen molar-refractivity contribution in [3.8, 4) is 0 Å². The van der Waals surface area contributed by atoms with Crippen LogP contribution in [0.3, 0.4) is 0 Å². The summed E-state index contributed by atoms with van der Waals surface area (Å²) in [7, 11) is 0. The van der Waals surface area contributed by atoms with Crippen molar-refractivity contribution in [3.63, 3.8) is 0 Å². The van der Waals surface area contributed by atoms with Crippen LogP contribution < -0.4 is 5.32 Å². The number of carbonyl (C=O) groups is 1. The van der Waals surface area contributed by atoms with Gasteiger partial charge in [0.1, 0.15) is 5.76 Å². The van der Waals surface area contributed by atoms with E-state index in [9.17, 15) is 9.90 Å². The van der Waals surface area contributed by atoms with Crippen LogP contribution >= 0.6 is 11.8 Å². The average molecular weight is 317 g/mol. The van der Waals surface area contributed by atoms with E-state index < -0.39 is 6.10 Å². The van der Waals surface area contributed by atoms with Crippen molar-refractivity contribution in [3.05, 3.63) is 71.0 Å². The molecule has 1 amide bonds. The zero-order chi connectivity index (χ0) is 15.8. The average Bonchev–Trinajstić information content (AvgIpc) is 3.03. The van der Waals surface area contributed by atoms with Gasteiger partial charge < -0.3 is 14.8 Å². The molecule has 1 heterocycles. The number of furan rings is 1. The number of aryl methyl sites for hydroxylation is 1. The Balaban J connectivity index is 1.72. The molecule has 0 saturated carbocycles. The van der Waals surface area contributed by atoms with E-state index in [0.717, 1.165) is 16.9 Å². The highest BCUT2D eigenvalue weighted by Gasteiger charge is 2.10. The fourth-order valence-corrected chi connectivity index (χ4v) is 2.61. The molecule has 116 valence electrons. The monoisotopic (exact) mass is 317 g/mol. The number of hydrogen-bond donors (Lipinski definition) is 2. The van der Waals surface area contributed by atoms with Gasteiger partial charge in [-0.1, -0.05) is 24.3 Å². The van der Waals surface area contributed by atoms with Crippen LogP contribution in [-0.4, -0.2) is 17.6 Å². The minimum absolute atomic E-state index is 0.191. The fraction of sp³-hybridized carbons (Fsp3) is 0.235. The summed E-state index contributed by atoms with van der Waals surface area (Å²) in [6.07, 6.45) is 2.38. The van der Waals surface area contributed by atoms with Crippen LogP contribution in [0.2, 0.25) is 0 Å². The lowest BCUT2D eigenvalue weighted by molar-refractivity contribution is -0.116. The SMILES string of the molecule is Cc1ccccc1C(O)CNC(=O)/C=C/SCc1ccco1. The van der Waals surface area contributed by atoms with E-state index in [2.05, 4.69) is 5.32 Å². The number of thioether (sulfide) groups is 1. The van der Waals surface area contributed by atoms with Crippen molar-refractivity contribution in [2.45, 2.75) is 18.8 Å². The molecule has 1 unspecified atom stereocenters. The lowest BCUT2D eigenvalue weighted by atomic mass is 10.0. The first-order chi connectivity index (χ1) is 10.7. The minimum atomic E-state index is -0.700. The van der Waals surface area contributed by atoms with Crippen LogP contribution in [0, 0.1) is 6.92 Å². The van der Waals surface area contributed by atoms with Gasteiger partial charge in [0.25, 0.3) is 0 Å². The number of aliphatic hydroxyl groups is 1. The summed E-state index contributed by atoms with van der Waals surface area (Å²) >= 11 is 1.47. The summed E-state index contributed by atoms with van der Waals surface area (Å²) < 4.78 is 5.19. The van der Waals surface area contributed by atoms with E-state index in [1.807, 2.05) is 43.3 Å². The van der Waals surface area contributed by atoms with Crippen LogP contribution in [-0.2, 0) is 10.5 Å². The summed E-state index contributed by atoms with van der Waals surface area (Å²) in [5, 5.41) is 14.5. The molecular weight excluding hydrogens is 298 g/mol. The Morgan fingerprint density at radius 3 is 2.91 bits per heavy atom. The van der Waals surface area contributed by atoms with Crippen molar-refractivity contribution in [1.82, 2.24) is 5.32 Å². The van der Waals surface area contributed by atoms with Crippen LogP contribution in [0.1, 0.15) is 23.0 Å². The van der Waals surface area contributed by atoms with Crippen LogP contribution in [0.5, 0.6) is 0 Å². The Kier molecular flexibility index (Phi) is 6.30. The van der Waals surface area contributed by atoms with Gasteiger partial charge in [-0.05, 0) is 35.6 Å². The van der Waals surface area contributed by atoms with Gasteiger partial charge in [-0.15, -0.1) is 11.8 Å². The Labute approximate surface area is 134 Å². The molecule has 1 aromatic carbocycles. The number of carbonyl (C=O) groups excluding carboxylic acids is 1. The number of rotatable bonds is 7. The zero-order valence-electron chi connectivity index (χ0n) is 12.4. The maximum Gasteiger partial charge on any atom is 0.244 e. The molecule has 5 heteroatoms. The van der Waals surface area contributed by atoms with Crippen molar-refractivity contribution in [1.29, 1.82) is 0 Å². The first-order valence-electron chi connectivity index (χ1n) is 6.99. The standard InChI is InChI=1S/C17H19NO3S/c1-13-5-2-3-7-15(13)16(19)11-18-17(20)8-10-22-12-14-6-4-9-21-14/h2-10,16,19H,11-12H2,1H3,(H,18,20)/b10-8+. The highest BCUT2D eigenvalue weighted by atomic mass is 32.2. The third-order valence-corrected chi connectivity index (χ3v) is 3.92. The van der Waals surface area contributed by atoms with Gasteiger partial charge in [-0.25, -0.2) is 0 Å². The van der Waals surface area contributed by atoms with Crippen molar-refractivity contribution >= 4 is 17.7 Å². The number of benzene rings is 1. The summed E-state index contributed by atoms with van der Waals surface area (Å²) in [4.78, 5) is 11.7. The van der Waals surface area contributed by atoms with Gasteiger partial charge in [-0.2, -0.15) is 0 Å². The zero-order valence-corrected chi connectivity index (χ0v) is 13.2. The third-order valence-electron chi connectivity index (χ3n) is 3.14. The number of aliphatic hydroxyl groups excluding tert-OH is 1. The second-order valence-electron chi connectivity index (χ2n) is 4.81. The van der Waals surface area contributed by atoms with E-state index in [-0.39, 0.29) is 12.5 Å². The normalized spacial score (nSPS) is 12.5. The van der Waals surface area contributed by atoms with Crippen molar-refractivity contribution in [2.75, 3.05) is 6.54 Å². The molecule has 2 rings (SSSR count). The summed E-state index contributed by atoms with van der Waals surface area (Å²) in [5.41, 5.74) is 1.84. The van der Waals surface area contributed by atoms with Gasteiger partial charge in [0.05, 0.1) is 18.1 Å². The molecule has 0 aliphatic rings. The highest BCUT2D eigenvalue weighted by Crippen LogP contribution is 2.16. The second-order valence-corrected chi connectivity index (χ2v) is 5.70. The molecule has 4 nitrogen and oxygen atoms in total. The topological polar surface area (TPSA) is 62.5 Å². The van der Waals surface area contributed by atoms with E-state index in [1.165, 1.54) is 17.8 Å². The maximum absolute atomic E-state index is 11.7. The highest BCUT2D eigenvalue weighted by molar-refractivity contribution is 8.01. The number of hydrogen-bond acceptors (Lipinski definition) is 4. The Morgan fingerprint density at radius 2 is 2.18 bits per heavy atom. The largest absolute Gasteiger partial charge is 0.468 e. The Morgan fingerprint density at radius 1 is 1.36 bits per heavy atom. The maximum atomic E-state index is 11.7. The molecule has 0 spiro atoms. The Hall–Kier alpha value is -1.98. The molecule has 0 bridgehead atoms. The predicted octanol–water partition coefficient (Wildman–Crippen LogP) is 3.18. The van der Waals surface area contributed by atoms with Gasteiger partial charge in [0, 0.05) is 12.6 Å². The first-order valence-corrected chi connectivity index (χ1v) is 8.03. The summed E-state index contributed by atoms with van der Waals surface area (Å²) in [5.74, 6) is 1.33. The molecule has 2 aromatic rings. The van der Waals surface area contributed by atoms with E-state index in [1.54, 1.807) is 11.7 Å².